The van der Waals surface area contributed by atoms with Gasteiger partial charge in [0.15, 0.2) is 11.6 Å². The second-order valence-electron chi connectivity index (χ2n) is 6.06. The molecule has 0 radical (unpaired) electrons. The van der Waals surface area contributed by atoms with Crippen LogP contribution in [0.1, 0.15) is 36.6 Å². The summed E-state index contributed by atoms with van der Waals surface area (Å²) in [5.41, 5.74) is 1.77. The molecule has 4 rings (SSSR count). The van der Waals surface area contributed by atoms with Gasteiger partial charge in [-0.2, -0.15) is 0 Å². The van der Waals surface area contributed by atoms with Crippen LogP contribution in [0.3, 0.4) is 0 Å². The van der Waals surface area contributed by atoms with Crippen molar-refractivity contribution in [2.24, 2.45) is 0 Å². The first-order valence-electron chi connectivity index (χ1n) is 8.41. The second kappa shape index (κ2) is 6.84. The highest BCUT2D eigenvalue weighted by atomic mass is 16.5. The minimum atomic E-state index is -0.506. The Labute approximate surface area is 155 Å². The number of fused-ring (bicyclic) bond motifs is 1. The molecule has 0 aromatic heterocycles. The van der Waals surface area contributed by atoms with E-state index in [-0.39, 0.29) is 22.9 Å². The molecule has 0 N–H and O–H groups in total. The van der Waals surface area contributed by atoms with Crippen molar-refractivity contribution in [2.45, 2.75) is 0 Å². The van der Waals surface area contributed by atoms with Crippen molar-refractivity contribution in [3.63, 3.8) is 0 Å². The number of rotatable bonds is 3. The van der Waals surface area contributed by atoms with Crippen LogP contribution >= 0.6 is 0 Å². The van der Waals surface area contributed by atoms with Crippen molar-refractivity contribution in [3.8, 4) is 5.75 Å². The summed E-state index contributed by atoms with van der Waals surface area (Å²) in [7, 11) is 0. The lowest BCUT2D eigenvalue weighted by Gasteiger charge is -2.08. The van der Waals surface area contributed by atoms with Gasteiger partial charge in [0.1, 0.15) is 5.75 Å². The number of benzene rings is 3. The molecular formula is C23H14O4. The molecule has 1 aliphatic rings. The van der Waals surface area contributed by atoms with Gasteiger partial charge in [0.25, 0.3) is 0 Å². The number of para-hydroxylation sites is 1. The Bertz CT molecular complexity index is 1060. The summed E-state index contributed by atoms with van der Waals surface area (Å²) in [6.45, 7) is 0. The SMILES string of the molecule is O=C(Oc1ccccc1C=C1C(=O)c2ccccc2C1=O)c1ccccc1. The van der Waals surface area contributed by atoms with Crippen molar-refractivity contribution >= 4 is 23.6 Å². The molecule has 0 saturated heterocycles. The lowest BCUT2D eigenvalue weighted by molar-refractivity contribution is 0.0734. The zero-order valence-electron chi connectivity index (χ0n) is 14.2. The molecule has 0 atom stereocenters. The molecule has 4 heteroatoms. The Balaban J connectivity index is 1.68. The van der Waals surface area contributed by atoms with Crippen molar-refractivity contribution in [3.05, 3.63) is 107 Å². The molecule has 0 fully saturated rings. The average Bonchev–Trinajstić information content (AvgIpc) is 2.95. The zero-order chi connectivity index (χ0) is 18.8. The molecule has 0 amide bonds. The summed E-state index contributed by atoms with van der Waals surface area (Å²) in [5, 5.41) is 0. The minimum Gasteiger partial charge on any atom is -0.422 e. The third-order valence-corrected chi connectivity index (χ3v) is 4.34. The van der Waals surface area contributed by atoms with Gasteiger partial charge in [0, 0.05) is 16.7 Å². The van der Waals surface area contributed by atoms with Gasteiger partial charge in [0.2, 0.25) is 0 Å². The lowest BCUT2D eigenvalue weighted by Crippen LogP contribution is -2.09. The number of ketones is 2. The molecule has 0 saturated carbocycles. The molecule has 0 bridgehead atoms. The van der Waals surface area contributed by atoms with Gasteiger partial charge in [-0.1, -0.05) is 60.7 Å². The monoisotopic (exact) mass is 354 g/mol. The first kappa shape index (κ1) is 16.7. The summed E-state index contributed by atoms with van der Waals surface area (Å²) in [6, 6.07) is 22.1. The predicted octanol–water partition coefficient (Wildman–Crippen LogP) is 4.37. The van der Waals surface area contributed by atoms with E-state index in [1.807, 2.05) is 6.07 Å². The fourth-order valence-corrected chi connectivity index (χ4v) is 2.98. The molecule has 0 spiro atoms. The first-order valence-corrected chi connectivity index (χ1v) is 8.41. The molecule has 0 unspecified atom stereocenters. The topological polar surface area (TPSA) is 60.4 Å². The van der Waals surface area contributed by atoms with Gasteiger partial charge >= 0.3 is 5.97 Å². The highest BCUT2D eigenvalue weighted by Gasteiger charge is 2.32. The minimum absolute atomic E-state index is 0.0689. The van der Waals surface area contributed by atoms with Gasteiger partial charge in [-0.15, -0.1) is 0 Å². The van der Waals surface area contributed by atoms with Gasteiger partial charge in [-0.25, -0.2) is 4.79 Å². The van der Waals surface area contributed by atoms with E-state index in [9.17, 15) is 14.4 Å². The van der Waals surface area contributed by atoms with Crippen LogP contribution in [0.4, 0.5) is 0 Å². The van der Waals surface area contributed by atoms with Gasteiger partial charge < -0.3 is 4.74 Å². The number of Topliss-reactive ketones (excluding diaryl/α,β-unsaturated/α-hetero) is 2. The van der Waals surface area contributed by atoms with E-state index in [0.717, 1.165) is 0 Å². The molecule has 0 heterocycles. The van der Waals surface area contributed by atoms with E-state index in [1.54, 1.807) is 72.8 Å². The highest BCUT2D eigenvalue weighted by molar-refractivity contribution is 6.41. The summed E-state index contributed by atoms with van der Waals surface area (Å²) < 4.78 is 5.48. The standard InChI is InChI=1S/C23H14O4/c24-21-17-11-5-6-12-18(17)22(25)19(21)14-16-10-4-7-13-20(16)27-23(26)15-8-2-1-3-9-15/h1-14H. The Morgan fingerprint density at radius 1 is 0.704 bits per heavy atom. The highest BCUT2D eigenvalue weighted by Crippen LogP contribution is 2.30. The lowest BCUT2D eigenvalue weighted by atomic mass is 10.1. The Morgan fingerprint density at radius 2 is 1.26 bits per heavy atom. The normalized spacial score (nSPS) is 12.7. The van der Waals surface area contributed by atoms with Crippen LogP contribution in [0.15, 0.2) is 84.4 Å². The first-order chi connectivity index (χ1) is 13.1. The van der Waals surface area contributed by atoms with E-state index in [4.69, 9.17) is 4.74 Å². The van der Waals surface area contributed by atoms with Crippen molar-refractivity contribution in [1.82, 2.24) is 0 Å². The second-order valence-corrected chi connectivity index (χ2v) is 6.06. The number of carbonyl (C=O) groups is 3. The van der Waals surface area contributed by atoms with E-state index in [0.29, 0.717) is 22.3 Å². The maximum absolute atomic E-state index is 12.6. The van der Waals surface area contributed by atoms with E-state index in [2.05, 4.69) is 0 Å². The number of hydrogen-bond acceptors (Lipinski definition) is 4. The third kappa shape index (κ3) is 3.09. The molecule has 1 aliphatic carbocycles. The van der Waals surface area contributed by atoms with Crippen molar-refractivity contribution in [1.29, 1.82) is 0 Å². The van der Waals surface area contributed by atoms with E-state index < -0.39 is 5.97 Å². The Morgan fingerprint density at radius 3 is 1.93 bits per heavy atom. The smallest absolute Gasteiger partial charge is 0.343 e. The van der Waals surface area contributed by atoms with Crippen LogP contribution in [-0.4, -0.2) is 17.5 Å². The van der Waals surface area contributed by atoms with Crippen LogP contribution in [0.5, 0.6) is 5.75 Å². The number of ether oxygens (including phenoxy) is 1. The largest absolute Gasteiger partial charge is 0.422 e. The van der Waals surface area contributed by atoms with Gasteiger partial charge in [-0.05, 0) is 24.3 Å². The van der Waals surface area contributed by atoms with Crippen molar-refractivity contribution in [2.75, 3.05) is 0 Å². The van der Waals surface area contributed by atoms with Crippen molar-refractivity contribution < 1.29 is 19.1 Å². The van der Waals surface area contributed by atoms with Gasteiger partial charge in [-0.3, -0.25) is 9.59 Å². The molecule has 27 heavy (non-hydrogen) atoms. The molecule has 3 aromatic rings. The van der Waals surface area contributed by atoms with Crippen LogP contribution < -0.4 is 4.74 Å². The zero-order valence-corrected chi connectivity index (χ0v) is 14.2. The third-order valence-electron chi connectivity index (χ3n) is 4.34. The maximum Gasteiger partial charge on any atom is 0.343 e. The fourth-order valence-electron chi connectivity index (χ4n) is 2.98. The predicted molar refractivity (Wildman–Crippen MR) is 101 cm³/mol. The summed E-state index contributed by atoms with van der Waals surface area (Å²) in [4.78, 5) is 37.5. The number of carbonyl (C=O) groups excluding carboxylic acids is 3. The summed E-state index contributed by atoms with van der Waals surface area (Å²) >= 11 is 0. The number of hydrogen-bond donors (Lipinski definition) is 0. The van der Waals surface area contributed by atoms with Crippen LogP contribution in [0.2, 0.25) is 0 Å². The molecular weight excluding hydrogens is 340 g/mol. The fraction of sp³-hybridized carbons (Fsp3) is 0. The van der Waals surface area contributed by atoms with Crippen LogP contribution in [0.25, 0.3) is 6.08 Å². The molecule has 3 aromatic carbocycles. The summed E-state index contributed by atoms with van der Waals surface area (Å²) in [5.74, 6) is -0.858. The van der Waals surface area contributed by atoms with Crippen LogP contribution in [0, 0.1) is 0 Å². The molecule has 0 aliphatic heterocycles. The molecule has 130 valence electrons. The number of allylic oxidation sites excluding steroid dienone is 1. The maximum atomic E-state index is 12.6. The van der Waals surface area contributed by atoms with E-state index >= 15 is 0 Å². The Kier molecular flexibility index (Phi) is 4.22. The quantitative estimate of drug-likeness (QED) is 0.303. The van der Waals surface area contributed by atoms with E-state index in [1.165, 1.54) is 6.08 Å². The van der Waals surface area contributed by atoms with Gasteiger partial charge in [0.05, 0.1) is 11.1 Å². The van der Waals surface area contributed by atoms with Crippen LogP contribution in [-0.2, 0) is 0 Å². The molecule has 4 nitrogen and oxygen atoms in total. The number of esters is 1. The average molecular weight is 354 g/mol. The Hall–Kier alpha value is -3.79. The summed E-state index contributed by atoms with van der Waals surface area (Å²) in [6.07, 6.45) is 1.48.